The minimum atomic E-state index is 0.0550. The van der Waals surface area contributed by atoms with Crippen molar-refractivity contribution in [2.45, 2.75) is 50.7 Å². The summed E-state index contributed by atoms with van der Waals surface area (Å²) >= 11 is 0. The first-order valence-corrected chi connectivity index (χ1v) is 5.27. The van der Waals surface area contributed by atoms with Crippen molar-refractivity contribution in [1.82, 2.24) is 10.6 Å². The summed E-state index contributed by atoms with van der Waals surface area (Å²) in [4.78, 5) is 11.2. The van der Waals surface area contributed by atoms with Crippen LogP contribution >= 0.6 is 0 Å². The second-order valence-electron chi connectivity index (χ2n) is 4.24. The molecule has 3 atom stereocenters. The third-order valence-corrected chi connectivity index (χ3v) is 3.26. The van der Waals surface area contributed by atoms with Gasteiger partial charge in [0.1, 0.15) is 5.78 Å². The molecule has 2 N–H and O–H groups in total. The number of fused-ring (bicyclic) bond motifs is 1. The Balaban J connectivity index is 1.95. The van der Waals surface area contributed by atoms with Crippen molar-refractivity contribution in [3.63, 3.8) is 0 Å². The molecule has 1 aliphatic carbocycles. The lowest BCUT2D eigenvalue weighted by Gasteiger charge is -2.40. The van der Waals surface area contributed by atoms with E-state index in [0.29, 0.717) is 12.1 Å². The fourth-order valence-corrected chi connectivity index (χ4v) is 2.42. The molecule has 13 heavy (non-hydrogen) atoms. The molecule has 1 aliphatic heterocycles. The molecule has 2 rings (SSSR count). The van der Waals surface area contributed by atoms with Crippen LogP contribution in [0, 0.1) is 0 Å². The number of nitrogens with one attached hydrogen (secondary N) is 2. The fraction of sp³-hybridized carbons (Fsp3) is 0.900. The normalized spacial score (nSPS) is 39.6. The summed E-state index contributed by atoms with van der Waals surface area (Å²) in [6, 6.07) is 1.21. The minimum Gasteiger partial charge on any atom is -0.310 e. The largest absolute Gasteiger partial charge is 0.310 e. The van der Waals surface area contributed by atoms with Crippen LogP contribution in [0.25, 0.3) is 0 Å². The summed E-state index contributed by atoms with van der Waals surface area (Å²) in [7, 11) is 0. The molecule has 1 saturated heterocycles. The summed E-state index contributed by atoms with van der Waals surface area (Å²) in [5.74, 6) is 0.261. The van der Waals surface area contributed by atoms with Gasteiger partial charge >= 0.3 is 0 Å². The highest BCUT2D eigenvalue weighted by Crippen LogP contribution is 2.21. The first kappa shape index (κ1) is 9.16. The monoisotopic (exact) mass is 182 g/mol. The zero-order valence-corrected chi connectivity index (χ0v) is 8.18. The molecule has 0 aromatic carbocycles. The number of hydrogen-bond donors (Lipinski definition) is 2. The van der Waals surface area contributed by atoms with Crippen LogP contribution in [0.5, 0.6) is 0 Å². The quantitative estimate of drug-likeness (QED) is 0.618. The molecule has 0 aromatic rings. The third-order valence-electron chi connectivity index (χ3n) is 3.26. The fourth-order valence-electron chi connectivity index (χ4n) is 2.42. The van der Waals surface area contributed by atoms with Gasteiger partial charge in [0.05, 0.1) is 6.04 Å². The molecule has 1 heterocycles. The van der Waals surface area contributed by atoms with Crippen LogP contribution in [0.3, 0.4) is 0 Å². The van der Waals surface area contributed by atoms with Gasteiger partial charge in [-0.25, -0.2) is 0 Å². The van der Waals surface area contributed by atoms with E-state index in [1.54, 1.807) is 6.92 Å². The van der Waals surface area contributed by atoms with E-state index in [0.717, 1.165) is 6.54 Å². The van der Waals surface area contributed by atoms with Crippen molar-refractivity contribution in [2.75, 3.05) is 6.54 Å². The number of rotatable bonds is 1. The van der Waals surface area contributed by atoms with E-state index in [2.05, 4.69) is 10.6 Å². The highest BCUT2D eigenvalue weighted by Gasteiger charge is 2.32. The maximum atomic E-state index is 11.2. The Morgan fingerprint density at radius 1 is 1.23 bits per heavy atom. The minimum absolute atomic E-state index is 0.0550. The molecule has 0 radical (unpaired) electrons. The van der Waals surface area contributed by atoms with Gasteiger partial charge in [-0.15, -0.1) is 0 Å². The predicted molar refractivity (Wildman–Crippen MR) is 51.7 cm³/mol. The van der Waals surface area contributed by atoms with Crippen molar-refractivity contribution < 1.29 is 4.79 Å². The lowest BCUT2D eigenvalue weighted by Crippen LogP contribution is -2.63. The summed E-state index contributed by atoms with van der Waals surface area (Å²) in [5, 5.41) is 6.91. The van der Waals surface area contributed by atoms with E-state index in [4.69, 9.17) is 0 Å². The highest BCUT2D eigenvalue weighted by molar-refractivity contribution is 5.81. The van der Waals surface area contributed by atoms with Crippen LogP contribution in [-0.4, -0.2) is 30.5 Å². The van der Waals surface area contributed by atoms with Crippen LogP contribution in [0.2, 0.25) is 0 Å². The van der Waals surface area contributed by atoms with Crippen molar-refractivity contribution in [3.8, 4) is 0 Å². The van der Waals surface area contributed by atoms with Gasteiger partial charge in [-0.2, -0.15) is 0 Å². The van der Waals surface area contributed by atoms with E-state index in [1.807, 2.05) is 0 Å². The molecule has 0 bridgehead atoms. The molecule has 3 heteroatoms. The Hall–Kier alpha value is -0.410. The number of hydrogen-bond acceptors (Lipinski definition) is 3. The second kappa shape index (κ2) is 3.76. The molecule has 2 fully saturated rings. The summed E-state index contributed by atoms with van der Waals surface area (Å²) in [6.45, 7) is 2.49. The van der Waals surface area contributed by atoms with Crippen LogP contribution in [0.4, 0.5) is 0 Å². The standard InChI is InChI=1S/C10H18N2O/c1-7(13)10-6-11-8-4-2-3-5-9(8)12-10/h8-12H,2-6H2,1H3. The van der Waals surface area contributed by atoms with Crippen LogP contribution in [-0.2, 0) is 4.79 Å². The van der Waals surface area contributed by atoms with Crippen LogP contribution in [0.15, 0.2) is 0 Å². The first-order chi connectivity index (χ1) is 6.27. The van der Waals surface area contributed by atoms with E-state index in [1.165, 1.54) is 25.7 Å². The second-order valence-corrected chi connectivity index (χ2v) is 4.24. The van der Waals surface area contributed by atoms with Gasteiger partial charge < -0.3 is 10.6 Å². The van der Waals surface area contributed by atoms with Crippen LogP contribution in [0.1, 0.15) is 32.6 Å². The van der Waals surface area contributed by atoms with Crippen molar-refractivity contribution in [2.24, 2.45) is 0 Å². The number of carbonyl (C=O) groups excluding carboxylic acids is 1. The highest BCUT2D eigenvalue weighted by atomic mass is 16.1. The van der Waals surface area contributed by atoms with Gasteiger partial charge in [0.2, 0.25) is 0 Å². The SMILES string of the molecule is CC(=O)C1CNC2CCCCC2N1. The molecule has 3 nitrogen and oxygen atoms in total. The Morgan fingerprint density at radius 2 is 1.92 bits per heavy atom. The van der Waals surface area contributed by atoms with E-state index >= 15 is 0 Å². The molecule has 74 valence electrons. The van der Waals surface area contributed by atoms with Gasteiger partial charge in [-0.1, -0.05) is 12.8 Å². The van der Waals surface area contributed by atoms with Crippen molar-refractivity contribution >= 4 is 5.78 Å². The molecule has 3 unspecified atom stereocenters. The number of carbonyl (C=O) groups is 1. The summed E-state index contributed by atoms with van der Waals surface area (Å²) < 4.78 is 0. The Labute approximate surface area is 79.3 Å². The molecule has 0 aromatic heterocycles. The van der Waals surface area contributed by atoms with Gasteiger partial charge in [-0.3, -0.25) is 4.79 Å². The topological polar surface area (TPSA) is 41.1 Å². The first-order valence-electron chi connectivity index (χ1n) is 5.27. The van der Waals surface area contributed by atoms with Gasteiger partial charge in [-0.05, 0) is 19.8 Å². The maximum absolute atomic E-state index is 11.2. The molecule has 1 saturated carbocycles. The number of Topliss-reactive ketones (excluding diaryl/α,β-unsaturated/α-hetero) is 1. The lowest BCUT2D eigenvalue weighted by molar-refractivity contribution is -0.119. The molecule has 2 aliphatic rings. The van der Waals surface area contributed by atoms with E-state index in [-0.39, 0.29) is 11.8 Å². The van der Waals surface area contributed by atoms with Crippen molar-refractivity contribution in [1.29, 1.82) is 0 Å². The van der Waals surface area contributed by atoms with E-state index in [9.17, 15) is 4.79 Å². The predicted octanol–water partition coefficient (Wildman–Crippen LogP) is 0.448. The Morgan fingerprint density at radius 3 is 2.62 bits per heavy atom. The van der Waals surface area contributed by atoms with Crippen molar-refractivity contribution in [3.05, 3.63) is 0 Å². The van der Waals surface area contributed by atoms with E-state index < -0.39 is 0 Å². The Kier molecular flexibility index (Phi) is 2.65. The zero-order valence-electron chi connectivity index (χ0n) is 8.18. The average molecular weight is 182 g/mol. The third kappa shape index (κ3) is 1.92. The molecule has 0 amide bonds. The zero-order chi connectivity index (χ0) is 9.26. The average Bonchev–Trinajstić information content (AvgIpc) is 2.17. The summed E-state index contributed by atoms with van der Waals surface area (Å²) in [6.07, 6.45) is 5.13. The summed E-state index contributed by atoms with van der Waals surface area (Å²) in [5.41, 5.74) is 0. The molecular formula is C10H18N2O. The van der Waals surface area contributed by atoms with Crippen LogP contribution < -0.4 is 10.6 Å². The maximum Gasteiger partial charge on any atom is 0.147 e. The number of ketones is 1. The number of piperazine rings is 1. The Bertz CT molecular complexity index is 205. The van der Waals surface area contributed by atoms with Gasteiger partial charge in [0, 0.05) is 18.6 Å². The molecular weight excluding hydrogens is 164 g/mol. The lowest BCUT2D eigenvalue weighted by atomic mass is 9.87. The smallest absolute Gasteiger partial charge is 0.147 e. The van der Waals surface area contributed by atoms with Gasteiger partial charge in [0.25, 0.3) is 0 Å². The van der Waals surface area contributed by atoms with Gasteiger partial charge in [0.15, 0.2) is 0 Å². The molecule has 0 spiro atoms.